The molecule has 0 saturated heterocycles. The number of aliphatic carboxylic acids is 1. The molecule has 2 heterocycles. The van der Waals surface area contributed by atoms with Crippen molar-refractivity contribution in [2.24, 2.45) is 0 Å². The highest BCUT2D eigenvalue weighted by Crippen LogP contribution is 2.42. The number of nitrogens with zero attached hydrogens (tertiary/aromatic N) is 1. The molecule has 2 aromatic rings. The number of carboxylic acids is 1. The molecule has 1 aliphatic carbocycles. The molecule has 2 aromatic carbocycles. The van der Waals surface area contributed by atoms with Gasteiger partial charge in [-0.05, 0) is 81.4 Å². The molecule has 5 rings (SSSR count). The van der Waals surface area contributed by atoms with Gasteiger partial charge in [-0.1, -0.05) is 24.8 Å². The maximum Gasteiger partial charge on any atom is 0.335 e. The van der Waals surface area contributed by atoms with Gasteiger partial charge in [-0.2, -0.15) is 4.58 Å². The summed E-state index contributed by atoms with van der Waals surface area (Å²) in [6.45, 7) is 8.83. The van der Waals surface area contributed by atoms with Crippen molar-refractivity contribution in [3.05, 3.63) is 95.3 Å². The maximum absolute atomic E-state index is 11.7. The SMILES string of the molecule is C=CC(=O)Oc1ccc2c(c1)OC1=C(/C=C/C3=[N+](CCCCCC(=O)O)c4ccccc4C3(C)C)CCCC1=C2. The van der Waals surface area contributed by atoms with Crippen LogP contribution < -0.4 is 9.47 Å². The largest absolute Gasteiger partial charge is 0.481 e. The van der Waals surface area contributed by atoms with Crippen LogP contribution in [0.1, 0.15) is 69.9 Å². The Morgan fingerprint density at radius 1 is 1.10 bits per heavy atom. The van der Waals surface area contributed by atoms with Crippen LogP contribution in [-0.4, -0.2) is 33.9 Å². The third kappa shape index (κ3) is 5.57. The van der Waals surface area contributed by atoms with Crippen LogP contribution in [0.3, 0.4) is 0 Å². The molecule has 2 aliphatic heterocycles. The van der Waals surface area contributed by atoms with E-state index in [4.69, 9.17) is 14.6 Å². The van der Waals surface area contributed by atoms with E-state index in [1.165, 1.54) is 22.5 Å². The first-order valence-electron chi connectivity index (χ1n) is 14.0. The lowest BCUT2D eigenvalue weighted by atomic mass is 9.81. The van der Waals surface area contributed by atoms with Crippen molar-refractivity contribution >= 4 is 29.4 Å². The van der Waals surface area contributed by atoms with E-state index in [1.54, 1.807) is 12.1 Å². The number of ether oxygens (including phenoxy) is 2. The lowest BCUT2D eigenvalue weighted by Crippen LogP contribution is -2.28. The van der Waals surface area contributed by atoms with Crippen molar-refractivity contribution in [2.75, 3.05) is 6.54 Å². The van der Waals surface area contributed by atoms with Crippen molar-refractivity contribution in [2.45, 2.75) is 64.2 Å². The average Bonchev–Trinajstić information content (AvgIpc) is 3.15. The Balaban J connectivity index is 1.45. The molecule has 6 nitrogen and oxygen atoms in total. The lowest BCUT2D eigenvalue weighted by Gasteiger charge is -2.26. The van der Waals surface area contributed by atoms with Crippen molar-refractivity contribution in [3.8, 4) is 11.5 Å². The van der Waals surface area contributed by atoms with Crippen molar-refractivity contribution < 1.29 is 28.7 Å². The Kier molecular flexibility index (Phi) is 7.88. The van der Waals surface area contributed by atoms with Gasteiger partial charge in [0.05, 0.1) is 5.41 Å². The van der Waals surface area contributed by atoms with Gasteiger partial charge in [-0.3, -0.25) is 4.79 Å². The van der Waals surface area contributed by atoms with E-state index in [1.807, 2.05) is 6.07 Å². The third-order valence-electron chi connectivity index (χ3n) is 7.90. The molecule has 40 heavy (non-hydrogen) atoms. The van der Waals surface area contributed by atoms with Gasteiger partial charge in [-0.25, -0.2) is 4.79 Å². The Labute approximate surface area is 235 Å². The number of rotatable bonds is 10. The number of carbonyl (C=O) groups excluding carboxylic acids is 1. The molecule has 0 bridgehead atoms. The summed E-state index contributed by atoms with van der Waals surface area (Å²) >= 11 is 0. The summed E-state index contributed by atoms with van der Waals surface area (Å²) in [6, 6.07) is 14.0. The Bertz CT molecular complexity index is 1490. The van der Waals surface area contributed by atoms with Crippen LogP contribution in [0.15, 0.2) is 84.2 Å². The van der Waals surface area contributed by atoms with Gasteiger partial charge < -0.3 is 14.6 Å². The van der Waals surface area contributed by atoms with Gasteiger partial charge in [0.2, 0.25) is 5.69 Å². The monoisotopic (exact) mass is 538 g/mol. The fourth-order valence-electron chi connectivity index (χ4n) is 5.86. The third-order valence-corrected chi connectivity index (χ3v) is 7.90. The average molecular weight is 539 g/mol. The Morgan fingerprint density at radius 2 is 1.93 bits per heavy atom. The highest BCUT2D eigenvalue weighted by molar-refractivity contribution is 6.03. The summed E-state index contributed by atoms with van der Waals surface area (Å²) in [5.41, 5.74) is 6.88. The maximum atomic E-state index is 11.7. The first-order chi connectivity index (χ1) is 19.3. The standard InChI is InChI=1S/C34H35NO5/c1-4-32(38)39-26-18-16-24-21-25-12-10-11-23(33(25)40-29(24)22-26)17-19-30-34(2,3)27-13-7-8-14-28(27)35(30)20-9-5-6-15-31(36)37/h4,7-8,13-14,16-19,21-22H,1,5-6,9-12,15,20H2,2-3H3/p+1/b19-17+. The molecule has 0 atom stereocenters. The van der Waals surface area contributed by atoms with E-state index in [0.717, 1.165) is 61.6 Å². The zero-order chi connectivity index (χ0) is 28.3. The van der Waals surface area contributed by atoms with Crippen LogP contribution in [0.25, 0.3) is 6.08 Å². The van der Waals surface area contributed by atoms with Crippen LogP contribution in [-0.2, 0) is 15.0 Å². The predicted octanol–water partition coefficient (Wildman–Crippen LogP) is 7.27. The quantitative estimate of drug-likeness (QED) is 0.113. The number of carboxylic acid groups (broad SMARTS) is 1. The van der Waals surface area contributed by atoms with Crippen LogP contribution in [0.4, 0.5) is 5.69 Å². The molecule has 0 fully saturated rings. The van der Waals surface area contributed by atoms with Crippen LogP contribution in [0, 0.1) is 0 Å². The molecule has 0 saturated carbocycles. The number of para-hydroxylation sites is 1. The Morgan fingerprint density at radius 3 is 2.73 bits per heavy atom. The molecule has 0 aromatic heterocycles. The summed E-state index contributed by atoms with van der Waals surface area (Å²) in [4.78, 5) is 22.6. The van der Waals surface area contributed by atoms with Crippen LogP contribution in [0.2, 0.25) is 0 Å². The summed E-state index contributed by atoms with van der Waals surface area (Å²) < 4.78 is 14.1. The molecule has 0 amide bonds. The zero-order valence-corrected chi connectivity index (χ0v) is 23.2. The number of unbranched alkanes of at least 4 members (excludes halogenated alkanes) is 2. The van der Waals surface area contributed by atoms with Gasteiger partial charge in [0.1, 0.15) is 23.8 Å². The van der Waals surface area contributed by atoms with Crippen LogP contribution >= 0.6 is 0 Å². The van der Waals surface area contributed by atoms with Crippen molar-refractivity contribution in [1.82, 2.24) is 0 Å². The number of benzene rings is 2. The van der Waals surface area contributed by atoms with Gasteiger partial charge in [0, 0.05) is 48.3 Å². The fourth-order valence-corrected chi connectivity index (χ4v) is 5.86. The fraction of sp³-hybridized carbons (Fsp3) is 0.324. The normalized spacial score (nSPS) is 17.1. The molecular weight excluding hydrogens is 502 g/mol. The molecule has 0 spiro atoms. The summed E-state index contributed by atoms with van der Waals surface area (Å²) in [5.74, 6) is 0.742. The van der Waals surface area contributed by atoms with Gasteiger partial charge in [0.25, 0.3) is 0 Å². The van der Waals surface area contributed by atoms with Gasteiger partial charge >= 0.3 is 11.9 Å². The smallest absolute Gasteiger partial charge is 0.335 e. The molecule has 6 heteroatoms. The van der Waals surface area contributed by atoms with E-state index in [-0.39, 0.29) is 11.8 Å². The topological polar surface area (TPSA) is 75.8 Å². The number of hydrogen-bond donors (Lipinski definition) is 1. The number of allylic oxidation sites excluding steroid dienone is 4. The van der Waals surface area contributed by atoms with Crippen molar-refractivity contribution in [3.63, 3.8) is 0 Å². The Hall–Kier alpha value is -4.19. The highest BCUT2D eigenvalue weighted by atomic mass is 16.5. The molecule has 0 radical (unpaired) electrons. The summed E-state index contributed by atoms with van der Waals surface area (Å²) in [5, 5.41) is 8.99. The molecule has 0 unspecified atom stereocenters. The molecule has 3 aliphatic rings. The van der Waals surface area contributed by atoms with E-state index in [0.29, 0.717) is 17.9 Å². The van der Waals surface area contributed by atoms with Crippen LogP contribution in [0.5, 0.6) is 11.5 Å². The minimum Gasteiger partial charge on any atom is -0.481 e. The number of esters is 1. The second kappa shape index (κ2) is 11.5. The second-order valence-electron chi connectivity index (χ2n) is 11.0. The van der Waals surface area contributed by atoms with E-state index in [2.05, 4.69) is 67.5 Å². The van der Waals surface area contributed by atoms with E-state index in [9.17, 15) is 9.59 Å². The number of hydrogen-bond acceptors (Lipinski definition) is 4. The van der Waals surface area contributed by atoms with E-state index >= 15 is 0 Å². The van der Waals surface area contributed by atoms with Gasteiger partial charge in [-0.15, -0.1) is 0 Å². The lowest BCUT2D eigenvalue weighted by molar-refractivity contribution is -0.438. The summed E-state index contributed by atoms with van der Waals surface area (Å²) in [7, 11) is 0. The summed E-state index contributed by atoms with van der Waals surface area (Å²) in [6.07, 6.45) is 13.4. The molecular formula is C34H36NO5+. The predicted molar refractivity (Wildman–Crippen MR) is 156 cm³/mol. The molecule has 1 N–H and O–H groups in total. The number of carbonyl (C=O) groups is 2. The number of fused-ring (bicyclic) bond motifs is 3. The van der Waals surface area contributed by atoms with E-state index < -0.39 is 11.9 Å². The van der Waals surface area contributed by atoms with Gasteiger partial charge in [0.15, 0.2) is 5.71 Å². The first kappa shape index (κ1) is 27.4. The zero-order valence-electron chi connectivity index (χ0n) is 23.2. The minimum atomic E-state index is -0.736. The van der Waals surface area contributed by atoms with Crippen molar-refractivity contribution in [1.29, 1.82) is 0 Å². The molecule has 206 valence electrons. The minimum absolute atomic E-state index is 0.170. The first-order valence-corrected chi connectivity index (χ1v) is 14.0. The second-order valence-corrected chi connectivity index (χ2v) is 11.0. The highest BCUT2D eigenvalue weighted by Gasteiger charge is 2.43.